The van der Waals surface area contributed by atoms with Crippen LogP contribution in [0.4, 0.5) is 0 Å². The first kappa shape index (κ1) is 9.90. The summed E-state index contributed by atoms with van der Waals surface area (Å²) in [7, 11) is 0. The number of ketones is 1. The molecule has 0 aliphatic rings. The second-order valence-electron chi connectivity index (χ2n) is 2.35. The number of Topliss-reactive ketones (excluding diaryl/α,β-unsaturated/α-hetero) is 1. The molecule has 0 saturated carbocycles. The van der Waals surface area contributed by atoms with E-state index in [1.807, 2.05) is 0 Å². The average molecular weight is 158 g/mol. The highest BCUT2D eigenvalue weighted by atomic mass is 16.1. The lowest BCUT2D eigenvalue weighted by atomic mass is 10.1. The zero-order valence-corrected chi connectivity index (χ0v) is 6.55. The van der Waals surface area contributed by atoms with Crippen LogP contribution in [0.5, 0.6) is 0 Å². The van der Waals surface area contributed by atoms with Crippen LogP contribution in [0.15, 0.2) is 0 Å². The Labute approximate surface area is 65.6 Å². The van der Waals surface area contributed by atoms with Gasteiger partial charge >= 0.3 is 0 Å². The molecule has 11 heavy (non-hydrogen) atoms. The van der Waals surface area contributed by atoms with E-state index in [1.165, 1.54) is 6.92 Å². The Morgan fingerprint density at radius 3 is 2.64 bits per heavy atom. The molecule has 0 amide bonds. The van der Waals surface area contributed by atoms with Crippen molar-refractivity contribution in [3.63, 3.8) is 0 Å². The van der Waals surface area contributed by atoms with Gasteiger partial charge in [-0.2, -0.15) is 0 Å². The molecule has 0 bridgehead atoms. The van der Waals surface area contributed by atoms with E-state index in [-0.39, 0.29) is 11.7 Å². The minimum atomic E-state index is -0.443. The van der Waals surface area contributed by atoms with Crippen molar-refractivity contribution in [3.05, 3.63) is 0 Å². The molecule has 0 aliphatic heterocycles. The maximum absolute atomic E-state index is 10.6. The van der Waals surface area contributed by atoms with Gasteiger partial charge in [-0.3, -0.25) is 10.2 Å². The molecule has 5 heteroatoms. The van der Waals surface area contributed by atoms with E-state index in [0.717, 1.165) is 0 Å². The van der Waals surface area contributed by atoms with Gasteiger partial charge in [-0.05, 0) is 13.3 Å². The number of carbonyl (C=O) groups is 1. The van der Waals surface area contributed by atoms with Crippen molar-refractivity contribution in [2.45, 2.75) is 19.4 Å². The summed E-state index contributed by atoms with van der Waals surface area (Å²) in [5, 5.41) is 9.35. The summed E-state index contributed by atoms with van der Waals surface area (Å²) in [5.74, 6) is -0.142. The predicted octanol–water partition coefficient (Wildman–Crippen LogP) is -1.22. The molecular weight excluding hydrogens is 144 g/mol. The summed E-state index contributed by atoms with van der Waals surface area (Å²) in [6.07, 6.45) is 0.509. The highest BCUT2D eigenvalue weighted by Gasteiger charge is 2.06. The van der Waals surface area contributed by atoms with Crippen molar-refractivity contribution in [3.8, 4) is 0 Å². The van der Waals surface area contributed by atoms with Crippen LogP contribution in [-0.4, -0.2) is 24.3 Å². The zero-order valence-electron chi connectivity index (χ0n) is 6.55. The van der Waals surface area contributed by atoms with Crippen LogP contribution in [0.25, 0.3) is 0 Å². The van der Waals surface area contributed by atoms with Gasteiger partial charge in [0.2, 0.25) is 0 Å². The molecule has 0 aromatic heterocycles. The van der Waals surface area contributed by atoms with E-state index < -0.39 is 6.04 Å². The van der Waals surface area contributed by atoms with Crippen molar-refractivity contribution in [2.24, 2.45) is 11.5 Å². The predicted molar refractivity (Wildman–Crippen MR) is 43.2 cm³/mol. The average Bonchev–Trinajstić information content (AvgIpc) is 1.86. The summed E-state index contributed by atoms with van der Waals surface area (Å²) >= 11 is 0. The molecule has 0 radical (unpaired) electrons. The highest BCUT2D eigenvalue weighted by molar-refractivity contribution is 5.81. The third-order valence-electron chi connectivity index (χ3n) is 1.29. The normalized spacial score (nSPS) is 12.2. The molecular formula is C6H14N4O. The highest BCUT2D eigenvalue weighted by Crippen LogP contribution is 1.86. The topological polar surface area (TPSA) is 105 Å². The van der Waals surface area contributed by atoms with Crippen LogP contribution in [0.1, 0.15) is 13.3 Å². The standard InChI is InChI=1S/C6H14N4O/c1-4(11)5(7)2-3-10-6(8)9/h5H,2-3,7H2,1H3,(H4,8,9,10)/t5-/m0/s1. The van der Waals surface area contributed by atoms with E-state index in [9.17, 15) is 4.79 Å². The van der Waals surface area contributed by atoms with Crippen molar-refractivity contribution >= 4 is 11.7 Å². The Kier molecular flexibility index (Phi) is 4.21. The van der Waals surface area contributed by atoms with Crippen molar-refractivity contribution < 1.29 is 4.79 Å². The molecule has 5 nitrogen and oxygen atoms in total. The summed E-state index contributed by atoms with van der Waals surface area (Å²) in [4.78, 5) is 10.6. The number of hydrogen-bond donors (Lipinski definition) is 4. The number of rotatable bonds is 4. The molecule has 0 aromatic carbocycles. The second kappa shape index (κ2) is 4.68. The second-order valence-corrected chi connectivity index (χ2v) is 2.35. The number of nitrogens with two attached hydrogens (primary N) is 2. The molecule has 0 spiro atoms. The maximum atomic E-state index is 10.6. The molecule has 0 unspecified atom stereocenters. The summed E-state index contributed by atoms with van der Waals surface area (Å²) in [6.45, 7) is 1.91. The molecule has 64 valence electrons. The van der Waals surface area contributed by atoms with Crippen molar-refractivity contribution in [1.29, 1.82) is 5.41 Å². The van der Waals surface area contributed by atoms with Crippen LogP contribution in [0.3, 0.4) is 0 Å². The van der Waals surface area contributed by atoms with Crippen LogP contribution in [0, 0.1) is 5.41 Å². The third-order valence-corrected chi connectivity index (χ3v) is 1.29. The molecule has 0 fully saturated rings. The summed E-state index contributed by atoms with van der Waals surface area (Å²) < 4.78 is 0. The van der Waals surface area contributed by atoms with Gasteiger partial charge in [0.25, 0.3) is 0 Å². The van der Waals surface area contributed by atoms with Gasteiger partial charge in [-0.25, -0.2) is 0 Å². The smallest absolute Gasteiger partial charge is 0.185 e. The van der Waals surface area contributed by atoms with Gasteiger partial charge in [0.05, 0.1) is 6.04 Å². The van der Waals surface area contributed by atoms with Crippen LogP contribution in [0.2, 0.25) is 0 Å². The number of hydrogen-bond acceptors (Lipinski definition) is 3. The van der Waals surface area contributed by atoms with Gasteiger partial charge in [-0.1, -0.05) is 0 Å². The Morgan fingerprint density at radius 2 is 2.27 bits per heavy atom. The van der Waals surface area contributed by atoms with Gasteiger partial charge in [-0.15, -0.1) is 0 Å². The van der Waals surface area contributed by atoms with Gasteiger partial charge < -0.3 is 16.8 Å². The minimum absolute atomic E-state index is 0.0460. The van der Waals surface area contributed by atoms with Crippen molar-refractivity contribution in [2.75, 3.05) is 6.54 Å². The number of nitrogens with one attached hydrogen (secondary N) is 2. The van der Waals surface area contributed by atoms with E-state index in [1.54, 1.807) is 0 Å². The quantitative estimate of drug-likeness (QED) is 0.304. The fraction of sp³-hybridized carbons (Fsp3) is 0.667. The van der Waals surface area contributed by atoms with Gasteiger partial charge in [0.1, 0.15) is 5.78 Å². The van der Waals surface area contributed by atoms with Crippen LogP contribution < -0.4 is 16.8 Å². The molecule has 6 N–H and O–H groups in total. The Balaban J connectivity index is 3.39. The number of guanidine groups is 1. The lowest BCUT2D eigenvalue weighted by Gasteiger charge is -2.07. The lowest BCUT2D eigenvalue weighted by molar-refractivity contribution is -0.118. The van der Waals surface area contributed by atoms with Crippen molar-refractivity contribution in [1.82, 2.24) is 5.32 Å². The fourth-order valence-electron chi connectivity index (χ4n) is 0.566. The largest absolute Gasteiger partial charge is 0.370 e. The van der Waals surface area contributed by atoms with Gasteiger partial charge in [0.15, 0.2) is 5.96 Å². The molecule has 1 atom stereocenters. The van der Waals surface area contributed by atoms with Gasteiger partial charge in [0, 0.05) is 6.54 Å². The number of carbonyl (C=O) groups excluding carboxylic acids is 1. The van der Waals surface area contributed by atoms with E-state index in [0.29, 0.717) is 13.0 Å². The Hall–Kier alpha value is -1.10. The zero-order chi connectivity index (χ0) is 8.85. The van der Waals surface area contributed by atoms with Crippen LogP contribution >= 0.6 is 0 Å². The summed E-state index contributed by atoms with van der Waals surface area (Å²) in [5.41, 5.74) is 10.4. The third kappa shape index (κ3) is 5.35. The molecule has 0 heterocycles. The summed E-state index contributed by atoms with van der Waals surface area (Å²) in [6, 6.07) is -0.443. The first-order valence-corrected chi connectivity index (χ1v) is 3.38. The minimum Gasteiger partial charge on any atom is -0.370 e. The lowest BCUT2D eigenvalue weighted by Crippen LogP contribution is -2.36. The van der Waals surface area contributed by atoms with E-state index in [4.69, 9.17) is 16.9 Å². The van der Waals surface area contributed by atoms with E-state index >= 15 is 0 Å². The first-order chi connectivity index (χ1) is 5.04. The molecule has 0 saturated heterocycles. The Morgan fingerprint density at radius 1 is 1.73 bits per heavy atom. The van der Waals surface area contributed by atoms with E-state index in [2.05, 4.69) is 5.32 Å². The molecule has 0 aromatic rings. The molecule has 0 rings (SSSR count). The molecule has 0 aliphatic carbocycles. The maximum Gasteiger partial charge on any atom is 0.185 e. The Bertz CT molecular complexity index is 157. The van der Waals surface area contributed by atoms with Crippen LogP contribution in [-0.2, 0) is 4.79 Å². The SMILES string of the molecule is CC(=O)[C@@H](N)CCNC(=N)N. The monoisotopic (exact) mass is 158 g/mol. The first-order valence-electron chi connectivity index (χ1n) is 3.38. The fourth-order valence-corrected chi connectivity index (χ4v) is 0.566.